The van der Waals surface area contributed by atoms with Gasteiger partial charge in [-0.05, 0) is 13.8 Å². The Labute approximate surface area is 79.4 Å². The number of hydrogen-bond acceptors (Lipinski definition) is 4. The number of halogens is 1. The molecular weight excluding hydrogens is 217 g/mol. The summed E-state index contributed by atoms with van der Waals surface area (Å²) in [7, 11) is -4.17. The van der Waals surface area contributed by atoms with Crippen LogP contribution in [0.1, 0.15) is 13.8 Å². The Kier molecular flexibility index (Phi) is 2.07. The lowest BCUT2D eigenvalue weighted by molar-refractivity contribution is -0.155. The molecule has 1 heterocycles. The molecule has 1 fully saturated rings. The van der Waals surface area contributed by atoms with E-state index in [0.29, 0.717) is 0 Å². The van der Waals surface area contributed by atoms with E-state index in [1.807, 2.05) is 0 Å². The van der Waals surface area contributed by atoms with Crippen LogP contribution in [0.2, 0.25) is 0 Å². The first kappa shape index (κ1) is 10.9. The SMILES string of the molecule is CC1(C)C(=O)N(C(F)C(=O)O)S1(=O)=O. The summed E-state index contributed by atoms with van der Waals surface area (Å²) in [6.07, 6.45) is -2.83. The van der Waals surface area contributed by atoms with Crippen LogP contribution in [0.4, 0.5) is 4.39 Å². The number of carboxylic acids is 1. The molecule has 1 atom stereocenters. The first-order valence-corrected chi connectivity index (χ1v) is 5.03. The molecule has 80 valence electrons. The van der Waals surface area contributed by atoms with Gasteiger partial charge in [-0.3, -0.25) is 4.79 Å². The number of nitrogens with zero attached hydrogens (tertiary/aromatic N) is 1. The van der Waals surface area contributed by atoms with Crippen LogP contribution in [0.5, 0.6) is 0 Å². The highest BCUT2D eigenvalue weighted by Crippen LogP contribution is 2.36. The third-order valence-electron chi connectivity index (χ3n) is 2.03. The zero-order valence-corrected chi connectivity index (χ0v) is 8.21. The molecule has 14 heavy (non-hydrogen) atoms. The van der Waals surface area contributed by atoms with Crippen LogP contribution in [-0.4, -0.2) is 40.7 Å². The highest BCUT2D eigenvalue weighted by Gasteiger charge is 2.64. The van der Waals surface area contributed by atoms with E-state index in [1.54, 1.807) is 0 Å². The number of carboxylic acid groups (broad SMARTS) is 1. The molecule has 0 bridgehead atoms. The Morgan fingerprint density at radius 3 is 2.29 bits per heavy atom. The predicted molar refractivity (Wildman–Crippen MR) is 42.4 cm³/mol. The van der Waals surface area contributed by atoms with Gasteiger partial charge in [-0.25, -0.2) is 17.6 Å². The summed E-state index contributed by atoms with van der Waals surface area (Å²) in [6, 6.07) is 0. The van der Waals surface area contributed by atoms with Gasteiger partial charge in [-0.15, -0.1) is 0 Å². The lowest BCUT2D eigenvalue weighted by Crippen LogP contribution is -2.70. The summed E-state index contributed by atoms with van der Waals surface area (Å²) in [5.41, 5.74) is 0. The second-order valence-corrected chi connectivity index (χ2v) is 5.65. The van der Waals surface area contributed by atoms with Crippen molar-refractivity contribution in [3.05, 3.63) is 0 Å². The Hall–Kier alpha value is -1.18. The fourth-order valence-electron chi connectivity index (χ4n) is 1.02. The highest BCUT2D eigenvalue weighted by molar-refractivity contribution is 7.94. The minimum absolute atomic E-state index is 0.255. The summed E-state index contributed by atoms with van der Waals surface area (Å²) >= 11 is 0. The average molecular weight is 225 g/mol. The summed E-state index contributed by atoms with van der Waals surface area (Å²) in [4.78, 5) is 21.2. The molecule has 1 saturated heterocycles. The van der Waals surface area contributed by atoms with Gasteiger partial charge in [0, 0.05) is 0 Å². The Morgan fingerprint density at radius 1 is 1.57 bits per heavy atom. The Bertz CT molecular complexity index is 400. The second kappa shape index (κ2) is 2.66. The van der Waals surface area contributed by atoms with Gasteiger partial charge in [-0.1, -0.05) is 0 Å². The molecule has 0 aromatic carbocycles. The van der Waals surface area contributed by atoms with Crippen molar-refractivity contribution in [3.8, 4) is 0 Å². The van der Waals surface area contributed by atoms with E-state index in [9.17, 15) is 22.4 Å². The van der Waals surface area contributed by atoms with Crippen molar-refractivity contribution in [2.75, 3.05) is 0 Å². The first-order chi connectivity index (χ1) is 6.14. The Balaban J connectivity index is 3.09. The van der Waals surface area contributed by atoms with Crippen LogP contribution in [0.3, 0.4) is 0 Å². The van der Waals surface area contributed by atoms with Gasteiger partial charge in [0.25, 0.3) is 22.2 Å². The maximum atomic E-state index is 12.8. The summed E-state index contributed by atoms with van der Waals surface area (Å²) in [5, 5.41) is 8.20. The van der Waals surface area contributed by atoms with Gasteiger partial charge in [0.2, 0.25) is 0 Å². The summed E-state index contributed by atoms with van der Waals surface area (Å²) in [6.45, 7) is 2.19. The largest absolute Gasteiger partial charge is 0.478 e. The fraction of sp³-hybridized carbons (Fsp3) is 0.667. The van der Waals surface area contributed by atoms with E-state index in [-0.39, 0.29) is 4.31 Å². The van der Waals surface area contributed by atoms with Gasteiger partial charge in [0.05, 0.1) is 0 Å². The highest BCUT2D eigenvalue weighted by atomic mass is 32.2. The molecule has 1 amide bonds. The van der Waals surface area contributed by atoms with Crippen molar-refractivity contribution in [3.63, 3.8) is 0 Å². The topological polar surface area (TPSA) is 91.8 Å². The number of carbonyl (C=O) groups excluding carboxylic acids is 1. The second-order valence-electron chi connectivity index (χ2n) is 3.29. The lowest BCUT2D eigenvalue weighted by atomic mass is 10.2. The van der Waals surface area contributed by atoms with Crippen LogP contribution in [-0.2, 0) is 19.6 Å². The summed E-state index contributed by atoms with van der Waals surface area (Å²) < 4.78 is 33.3. The predicted octanol–water partition coefficient (Wildman–Crippen LogP) is -0.683. The molecule has 0 aromatic rings. The van der Waals surface area contributed by atoms with Crippen molar-refractivity contribution in [2.45, 2.75) is 24.9 Å². The molecule has 8 heteroatoms. The molecule has 6 nitrogen and oxygen atoms in total. The summed E-state index contributed by atoms with van der Waals surface area (Å²) in [5.74, 6) is -3.05. The van der Waals surface area contributed by atoms with Crippen LogP contribution in [0, 0.1) is 0 Å². The molecule has 0 spiro atoms. The van der Waals surface area contributed by atoms with Crippen LogP contribution in [0.15, 0.2) is 0 Å². The molecule has 0 aliphatic carbocycles. The molecule has 1 N–H and O–H groups in total. The van der Waals surface area contributed by atoms with E-state index < -0.39 is 32.9 Å². The molecule has 0 radical (unpaired) electrons. The van der Waals surface area contributed by atoms with Crippen molar-refractivity contribution >= 4 is 21.9 Å². The number of amides is 1. The molecule has 1 aliphatic heterocycles. The Morgan fingerprint density at radius 2 is 2.00 bits per heavy atom. The number of hydrogen-bond donors (Lipinski definition) is 1. The molecule has 1 aliphatic rings. The number of aliphatic carboxylic acids is 1. The quantitative estimate of drug-likeness (QED) is 0.628. The normalized spacial score (nSPS) is 25.4. The van der Waals surface area contributed by atoms with Crippen LogP contribution < -0.4 is 0 Å². The van der Waals surface area contributed by atoms with E-state index >= 15 is 0 Å². The number of sulfonamides is 1. The molecule has 0 saturated carbocycles. The van der Waals surface area contributed by atoms with E-state index in [2.05, 4.69) is 0 Å². The maximum absolute atomic E-state index is 12.8. The minimum atomic E-state index is -4.17. The van der Waals surface area contributed by atoms with Gasteiger partial charge in [-0.2, -0.15) is 4.31 Å². The van der Waals surface area contributed by atoms with E-state index in [1.165, 1.54) is 0 Å². The van der Waals surface area contributed by atoms with Gasteiger partial charge < -0.3 is 5.11 Å². The van der Waals surface area contributed by atoms with Crippen LogP contribution >= 0.6 is 0 Å². The zero-order chi connectivity index (χ0) is 11.3. The first-order valence-electron chi connectivity index (χ1n) is 3.59. The molecule has 1 unspecified atom stereocenters. The third kappa shape index (κ3) is 1.03. The van der Waals surface area contributed by atoms with Gasteiger partial charge >= 0.3 is 5.97 Å². The standard InChI is InChI=1S/C6H8FNO5S/c1-6(2)5(11)8(14(6,12)13)3(7)4(9)10/h3H,1-2H3,(H,9,10). The van der Waals surface area contributed by atoms with E-state index in [4.69, 9.17) is 5.11 Å². The monoisotopic (exact) mass is 225 g/mol. The number of alkyl halides is 1. The van der Waals surface area contributed by atoms with E-state index in [0.717, 1.165) is 13.8 Å². The molecule has 0 aromatic heterocycles. The lowest BCUT2D eigenvalue weighted by Gasteiger charge is -2.42. The number of rotatable bonds is 2. The maximum Gasteiger partial charge on any atom is 0.360 e. The average Bonchev–Trinajstić information content (AvgIpc) is 2.03. The molecular formula is C6H8FNO5S. The van der Waals surface area contributed by atoms with Crippen molar-refractivity contribution in [1.29, 1.82) is 0 Å². The smallest absolute Gasteiger partial charge is 0.360 e. The van der Waals surface area contributed by atoms with Gasteiger partial charge in [0.15, 0.2) is 4.75 Å². The fourth-order valence-corrected chi connectivity index (χ4v) is 2.48. The van der Waals surface area contributed by atoms with Crippen molar-refractivity contribution < 1.29 is 27.5 Å². The minimum Gasteiger partial charge on any atom is -0.478 e. The van der Waals surface area contributed by atoms with Crippen molar-refractivity contribution in [1.82, 2.24) is 4.31 Å². The number of carbonyl (C=O) groups is 2. The van der Waals surface area contributed by atoms with Gasteiger partial charge in [0.1, 0.15) is 0 Å². The van der Waals surface area contributed by atoms with Crippen LogP contribution in [0.25, 0.3) is 0 Å². The zero-order valence-electron chi connectivity index (χ0n) is 7.39. The molecule has 1 rings (SSSR count). The third-order valence-corrected chi connectivity index (χ3v) is 4.36. The van der Waals surface area contributed by atoms with Crippen molar-refractivity contribution in [2.24, 2.45) is 0 Å².